The predicted octanol–water partition coefficient (Wildman–Crippen LogP) is 5.96. The van der Waals surface area contributed by atoms with Gasteiger partial charge in [0.25, 0.3) is 5.56 Å². The van der Waals surface area contributed by atoms with Gasteiger partial charge < -0.3 is 4.74 Å². The highest BCUT2D eigenvalue weighted by molar-refractivity contribution is 9.10. The van der Waals surface area contributed by atoms with E-state index < -0.39 is 29.4 Å². The minimum absolute atomic E-state index is 0.0780. The fourth-order valence-electron chi connectivity index (χ4n) is 5.06. The minimum atomic E-state index is -0.803. The second-order valence-electron chi connectivity index (χ2n) is 10.6. The lowest BCUT2D eigenvalue weighted by Crippen LogP contribution is -2.39. The second-order valence-corrected chi connectivity index (χ2v) is 12.5. The van der Waals surface area contributed by atoms with Gasteiger partial charge in [-0.05, 0) is 63.9 Å². The maximum absolute atomic E-state index is 14.9. The van der Waals surface area contributed by atoms with Crippen LogP contribution in [0.5, 0.6) is 0 Å². The topological polar surface area (TPSA) is 86.4 Å². The van der Waals surface area contributed by atoms with E-state index in [0.29, 0.717) is 42.6 Å². The zero-order valence-electron chi connectivity index (χ0n) is 25.0. The van der Waals surface area contributed by atoms with E-state index in [1.165, 1.54) is 34.2 Å². The summed E-state index contributed by atoms with van der Waals surface area (Å²) in [7, 11) is 3.50. The number of pyridine rings is 1. The van der Waals surface area contributed by atoms with Crippen LogP contribution in [0.25, 0.3) is 26.5 Å². The summed E-state index contributed by atoms with van der Waals surface area (Å²) >= 11 is 4.54. The van der Waals surface area contributed by atoms with Crippen molar-refractivity contribution >= 4 is 43.3 Å². The first-order valence-corrected chi connectivity index (χ1v) is 15.9. The molecule has 0 aliphatic rings. The maximum Gasteiger partial charge on any atom is 0.338 e. The first-order valence-electron chi connectivity index (χ1n) is 14.3. The monoisotopic (exact) mass is 696 g/mol. The number of halogens is 3. The van der Waals surface area contributed by atoms with E-state index in [2.05, 4.69) is 20.9 Å². The molecule has 0 aliphatic heterocycles. The molecule has 3 aromatic heterocycles. The number of carbonyl (C=O) groups is 1. The van der Waals surface area contributed by atoms with Gasteiger partial charge in [-0.1, -0.05) is 37.3 Å². The number of ketones is 1. The summed E-state index contributed by atoms with van der Waals surface area (Å²) in [6, 6.07) is 14.2. The molecule has 12 heteroatoms. The number of aromatic nitrogens is 3. The first kappa shape index (κ1) is 32.6. The Morgan fingerprint density at radius 3 is 2.38 bits per heavy atom. The summed E-state index contributed by atoms with van der Waals surface area (Å²) in [5.74, 6) is -1.41. The van der Waals surface area contributed by atoms with Gasteiger partial charge >= 0.3 is 5.69 Å². The summed E-state index contributed by atoms with van der Waals surface area (Å²) in [6.07, 6.45) is 2.22. The maximum atomic E-state index is 14.9. The van der Waals surface area contributed by atoms with Crippen molar-refractivity contribution < 1.29 is 18.3 Å². The number of likely N-dealkylation sites (N-methyl/N-ethyl adjacent to an activating group) is 1. The number of methoxy groups -OCH3 is 1. The van der Waals surface area contributed by atoms with Crippen molar-refractivity contribution in [3.8, 4) is 16.3 Å². The number of fused-ring (bicyclic) bond motifs is 1. The molecule has 0 N–H and O–H groups in total. The molecule has 5 aromatic rings. The van der Waals surface area contributed by atoms with Crippen LogP contribution in [-0.2, 0) is 29.0 Å². The zero-order chi connectivity index (χ0) is 32.2. The van der Waals surface area contributed by atoms with Crippen molar-refractivity contribution in [1.29, 1.82) is 0 Å². The fraction of sp³-hybridized carbons (Fsp3) is 0.273. The smallest absolute Gasteiger partial charge is 0.338 e. The van der Waals surface area contributed by atoms with Gasteiger partial charge in [0, 0.05) is 54.2 Å². The number of ether oxygens (including phenoxy) is 1. The van der Waals surface area contributed by atoms with Crippen LogP contribution < -0.4 is 11.2 Å². The third-order valence-electron chi connectivity index (χ3n) is 7.51. The average Bonchev–Trinajstić information content (AvgIpc) is 3.39. The quantitative estimate of drug-likeness (QED) is 0.160. The minimum Gasteiger partial charge on any atom is -0.383 e. The van der Waals surface area contributed by atoms with Crippen molar-refractivity contribution in [2.24, 2.45) is 0 Å². The van der Waals surface area contributed by atoms with Crippen molar-refractivity contribution in [2.45, 2.75) is 32.9 Å². The Morgan fingerprint density at radius 2 is 1.76 bits per heavy atom. The average molecular weight is 698 g/mol. The third-order valence-corrected chi connectivity index (χ3v) is 9.28. The Labute approximate surface area is 270 Å². The molecule has 0 radical (unpaired) electrons. The van der Waals surface area contributed by atoms with E-state index in [9.17, 15) is 23.2 Å². The fourth-order valence-corrected chi connectivity index (χ4v) is 6.60. The molecule has 5 rings (SSSR count). The van der Waals surface area contributed by atoms with E-state index in [4.69, 9.17) is 4.74 Å². The molecule has 0 saturated carbocycles. The Kier molecular flexibility index (Phi) is 10.2. The van der Waals surface area contributed by atoms with Crippen LogP contribution in [0.3, 0.4) is 0 Å². The number of benzene rings is 2. The second kappa shape index (κ2) is 14.1. The molecule has 0 atom stereocenters. The number of rotatable bonds is 12. The molecule has 234 valence electrons. The molecule has 45 heavy (non-hydrogen) atoms. The van der Waals surface area contributed by atoms with Gasteiger partial charge in [0.1, 0.15) is 28.1 Å². The van der Waals surface area contributed by atoms with Crippen LogP contribution in [0.15, 0.2) is 74.9 Å². The van der Waals surface area contributed by atoms with Gasteiger partial charge in [0.2, 0.25) is 0 Å². The van der Waals surface area contributed by atoms with Gasteiger partial charge in [-0.3, -0.25) is 19.1 Å². The summed E-state index contributed by atoms with van der Waals surface area (Å²) < 4.78 is 38.0. The lowest BCUT2D eigenvalue weighted by molar-refractivity contribution is -0.118. The molecule has 0 amide bonds. The Morgan fingerprint density at radius 1 is 1.04 bits per heavy atom. The van der Waals surface area contributed by atoms with Crippen molar-refractivity contribution in [1.82, 2.24) is 19.0 Å². The number of hydrogen-bond donors (Lipinski definition) is 0. The molecule has 0 spiro atoms. The Balaban J connectivity index is 1.81. The molecule has 0 saturated heterocycles. The van der Waals surface area contributed by atoms with Crippen molar-refractivity contribution in [3.05, 3.63) is 114 Å². The molecular weight excluding hydrogens is 666 g/mol. The number of nitrogens with zero attached hydrogens (tertiary/aromatic N) is 4. The summed E-state index contributed by atoms with van der Waals surface area (Å²) in [5.41, 5.74) is 0.644. The Bertz CT molecular complexity index is 1950. The van der Waals surface area contributed by atoms with Crippen LogP contribution in [0.1, 0.15) is 30.0 Å². The predicted molar refractivity (Wildman–Crippen MR) is 175 cm³/mol. The highest BCUT2D eigenvalue weighted by atomic mass is 79.9. The highest BCUT2D eigenvalue weighted by Gasteiger charge is 2.26. The normalized spacial score (nSPS) is 11.5. The third kappa shape index (κ3) is 6.89. The van der Waals surface area contributed by atoms with Gasteiger partial charge in [-0.15, -0.1) is 11.3 Å². The number of thiophene rings is 1. The molecule has 0 bridgehead atoms. The molecule has 3 heterocycles. The van der Waals surface area contributed by atoms with Gasteiger partial charge in [0.15, 0.2) is 0 Å². The van der Waals surface area contributed by atoms with Crippen LogP contribution >= 0.6 is 27.3 Å². The summed E-state index contributed by atoms with van der Waals surface area (Å²) in [4.78, 5) is 47.8. The van der Waals surface area contributed by atoms with E-state index in [-0.39, 0.29) is 27.4 Å². The molecule has 0 unspecified atom stereocenters. The van der Waals surface area contributed by atoms with Crippen LogP contribution in [0.4, 0.5) is 8.78 Å². The van der Waals surface area contributed by atoms with E-state index in [1.54, 1.807) is 13.2 Å². The molecule has 2 aromatic carbocycles. The molecule has 8 nitrogen and oxygen atoms in total. The standard InChI is InChI=1S/C33H31BrF2N4O4S/c1-4-23(41)16-20-8-10-21(11-9-20)30-25(18-38(2)14-15-44-3)29-31(42)40(28-13-12-22(34)17-37-28)33(43)39(32(29)45-30)19-24-26(35)6-5-7-27(24)36/h5-13,17H,4,14-16,18-19H2,1-3H3. The van der Waals surface area contributed by atoms with Gasteiger partial charge in [-0.2, -0.15) is 0 Å². The lowest BCUT2D eigenvalue weighted by atomic mass is 10.0. The number of Topliss-reactive ketones (excluding diaryl/α,β-unsaturated/α-hetero) is 1. The molecule has 0 fully saturated rings. The first-order chi connectivity index (χ1) is 21.6. The molecular formula is C33H31BrF2N4O4S. The van der Waals surface area contributed by atoms with Crippen LogP contribution in [-0.4, -0.2) is 52.1 Å². The van der Waals surface area contributed by atoms with Crippen molar-refractivity contribution in [3.63, 3.8) is 0 Å². The van der Waals surface area contributed by atoms with Gasteiger partial charge in [-0.25, -0.2) is 23.1 Å². The van der Waals surface area contributed by atoms with Crippen molar-refractivity contribution in [2.75, 3.05) is 27.3 Å². The lowest BCUT2D eigenvalue weighted by Gasteiger charge is -2.17. The molecule has 0 aliphatic carbocycles. The Hall–Kier alpha value is -3.84. The van der Waals surface area contributed by atoms with E-state index >= 15 is 0 Å². The van der Waals surface area contributed by atoms with E-state index in [1.807, 2.05) is 43.1 Å². The SMILES string of the molecule is CCC(=O)Cc1ccc(-c2sc3c(c2CN(C)CCOC)c(=O)n(-c2ccc(Br)cn2)c(=O)n3Cc2c(F)cccc2F)cc1. The summed E-state index contributed by atoms with van der Waals surface area (Å²) in [6.45, 7) is 2.72. The number of hydrogen-bond acceptors (Lipinski definition) is 7. The van der Waals surface area contributed by atoms with Crippen LogP contribution in [0, 0.1) is 11.6 Å². The highest BCUT2D eigenvalue weighted by Crippen LogP contribution is 2.38. The van der Waals surface area contributed by atoms with Crippen LogP contribution in [0.2, 0.25) is 0 Å². The largest absolute Gasteiger partial charge is 0.383 e. The van der Waals surface area contributed by atoms with E-state index in [0.717, 1.165) is 32.7 Å². The number of carbonyl (C=O) groups excluding carboxylic acids is 1. The zero-order valence-corrected chi connectivity index (χ0v) is 27.4. The van der Waals surface area contributed by atoms with Gasteiger partial charge in [0.05, 0.1) is 18.5 Å². The summed E-state index contributed by atoms with van der Waals surface area (Å²) in [5, 5.41) is 0.255.